The van der Waals surface area contributed by atoms with Crippen LogP contribution in [0.2, 0.25) is 0 Å². The minimum Gasteiger partial charge on any atom is -0.397 e. The second kappa shape index (κ2) is 15.8. The van der Waals surface area contributed by atoms with Gasteiger partial charge in [0, 0.05) is 50.1 Å². The molecule has 5 N–H and O–H groups in total. The van der Waals surface area contributed by atoms with E-state index in [-0.39, 0.29) is 30.6 Å². The van der Waals surface area contributed by atoms with Gasteiger partial charge in [-0.3, -0.25) is 14.5 Å². The van der Waals surface area contributed by atoms with E-state index in [9.17, 15) is 14.7 Å². The third-order valence-electron chi connectivity index (χ3n) is 7.94. The molecule has 0 spiro atoms. The van der Waals surface area contributed by atoms with Gasteiger partial charge in [0.2, 0.25) is 11.8 Å². The summed E-state index contributed by atoms with van der Waals surface area (Å²) in [5.41, 5.74) is 10.5. The summed E-state index contributed by atoms with van der Waals surface area (Å²) in [7, 11) is 0. The van der Waals surface area contributed by atoms with Gasteiger partial charge >= 0.3 is 0 Å². The van der Waals surface area contributed by atoms with Crippen molar-refractivity contribution in [3.05, 3.63) is 89.5 Å². The van der Waals surface area contributed by atoms with Crippen LogP contribution in [-0.4, -0.2) is 60.8 Å². The summed E-state index contributed by atoms with van der Waals surface area (Å²) in [6, 6.07) is 22.5. The van der Waals surface area contributed by atoms with Crippen LogP contribution >= 0.6 is 0 Å². The minimum absolute atomic E-state index is 0.00191. The van der Waals surface area contributed by atoms with E-state index in [1.807, 2.05) is 60.7 Å². The Morgan fingerprint density at radius 2 is 1.50 bits per heavy atom. The molecule has 2 heterocycles. The van der Waals surface area contributed by atoms with Gasteiger partial charge in [-0.25, -0.2) is 0 Å². The highest BCUT2D eigenvalue weighted by Gasteiger charge is 2.33. The fourth-order valence-electron chi connectivity index (χ4n) is 5.45. The lowest BCUT2D eigenvalue weighted by Gasteiger charge is -2.39. The lowest BCUT2D eigenvalue weighted by Crippen LogP contribution is -2.44. The van der Waals surface area contributed by atoms with Crippen LogP contribution < -0.4 is 16.4 Å². The summed E-state index contributed by atoms with van der Waals surface area (Å²) in [5.74, 6) is -0.227. The van der Waals surface area contributed by atoms with Crippen molar-refractivity contribution in [2.75, 3.05) is 49.2 Å². The number of anilines is 3. The number of aliphatic hydroxyl groups is 1. The highest BCUT2D eigenvalue weighted by Crippen LogP contribution is 2.38. The molecule has 5 rings (SSSR count). The predicted molar refractivity (Wildman–Crippen MR) is 169 cm³/mol. The number of ether oxygens (including phenoxy) is 3. The number of nitrogens with zero attached hydrogens (tertiary/aromatic N) is 1. The van der Waals surface area contributed by atoms with Crippen LogP contribution in [0.1, 0.15) is 61.2 Å². The van der Waals surface area contributed by atoms with Crippen molar-refractivity contribution in [1.82, 2.24) is 4.90 Å². The first-order valence-corrected chi connectivity index (χ1v) is 15.3. The average molecular weight is 603 g/mol. The molecule has 2 fully saturated rings. The second-order valence-corrected chi connectivity index (χ2v) is 11.3. The molecule has 0 saturated carbocycles. The molecular weight excluding hydrogens is 560 g/mol. The number of nitrogen functional groups attached to an aromatic ring is 1. The van der Waals surface area contributed by atoms with Gasteiger partial charge in [-0.2, -0.15) is 0 Å². The standard InChI is InChI=1S/C34H42N4O6/c35-29-5-1-2-6-30(29)37-33(41)8-4-3-7-32(40)36-27-15-13-26(14-16-27)34-43-28(22-38-17-19-42-20-18-38)21-31(44-34)25-11-9-24(23-39)10-12-25/h1-2,5-6,9-16,28,31,34,39H,3-4,7-8,17-23,35H2,(H,36,40)(H,37,41)/t28-,31+,34+/m1/s1. The van der Waals surface area contributed by atoms with Crippen LogP contribution in [0.15, 0.2) is 72.8 Å². The normalized spacial score (nSPS) is 20.6. The molecule has 0 bridgehead atoms. The molecule has 2 saturated heterocycles. The zero-order chi connectivity index (χ0) is 30.7. The Bertz CT molecular complexity index is 1360. The number of carbonyl (C=O) groups is 2. The number of benzene rings is 3. The number of para-hydroxylation sites is 2. The van der Waals surface area contributed by atoms with Crippen molar-refractivity contribution < 1.29 is 28.9 Å². The molecule has 10 heteroatoms. The molecule has 0 aliphatic carbocycles. The number of carbonyl (C=O) groups excluding carboxylic acids is 2. The number of hydrogen-bond acceptors (Lipinski definition) is 8. The van der Waals surface area contributed by atoms with Gasteiger partial charge in [0.25, 0.3) is 0 Å². The molecule has 3 atom stereocenters. The maximum Gasteiger partial charge on any atom is 0.224 e. The van der Waals surface area contributed by atoms with Crippen LogP contribution in [0.25, 0.3) is 0 Å². The highest BCUT2D eigenvalue weighted by molar-refractivity contribution is 5.94. The molecule has 3 aromatic carbocycles. The van der Waals surface area contributed by atoms with Gasteiger partial charge in [0.05, 0.1) is 43.4 Å². The van der Waals surface area contributed by atoms with E-state index in [0.717, 1.165) is 56.0 Å². The smallest absolute Gasteiger partial charge is 0.224 e. The number of rotatable bonds is 12. The molecule has 0 radical (unpaired) electrons. The van der Waals surface area contributed by atoms with Gasteiger partial charge in [-0.05, 0) is 48.2 Å². The molecule has 234 valence electrons. The summed E-state index contributed by atoms with van der Waals surface area (Å²) < 4.78 is 18.4. The van der Waals surface area contributed by atoms with E-state index in [0.29, 0.717) is 42.7 Å². The topological polar surface area (TPSA) is 135 Å². The van der Waals surface area contributed by atoms with Crippen molar-refractivity contribution >= 4 is 28.9 Å². The molecular formula is C34H42N4O6. The van der Waals surface area contributed by atoms with E-state index in [4.69, 9.17) is 19.9 Å². The fourth-order valence-corrected chi connectivity index (χ4v) is 5.45. The van der Waals surface area contributed by atoms with Crippen LogP contribution in [-0.2, 0) is 30.4 Å². The monoisotopic (exact) mass is 602 g/mol. The third kappa shape index (κ3) is 9.10. The van der Waals surface area contributed by atoms with Crippen molar-refractivity contribution in [2.45, 2.75) is 57.2 Å². The number of aliphatic hydroxyl groups excluding tert-OH is 1. The van der Waals surface area contributed by atoms with Gasteiger partial charge in [-0.1, -0.05) is 48.5 Å². The summed E-state index contributed by atoms with van der Waals surface area (Å²) in [5, 5.41) is 15.2. The Balaban J connectivity index is 1.12. The summed E-state index contributed by atoms with van der Waals surface area (Å²) >= 11 is 0. The van der Waals surface area contributed by atoms with E-state index in [2.05, 4.69) is 15.5 Å². The molecule has 0 unspecified atom stereocenters. The van der Waals surface area contributed by atoms with Gasteiger partial charge in [0.15, 0.2) is 6.29 Å². The molecule has 0 aromatic heterocycles. The number of amides is 2. The Labute approximate surface area is 258 Å². The molecule has 2 amide bonds. The van der Waals surface area contributed by atoms with Crippen molar-refractivity contribution in [3.8, 4) is 0 Å². The first kappa shape index (κ1) is 31.6. The maximum atomic E-state index is 12.6. The van der Waals surface area contributed by atoms with Gasteiger partial charge < -0.3 is 35.7 Å². The quantitative estimate of drug-likeness (QED) is 0.172. The largest absolute Gasteiger partial charge is 0.397 e. The maximum absolute atomic E-state index is 12.6. The van der Waals surface area contributed by atoms with Crippen LogP contribution in [0.5, 0.6) is 0 Å². The zero-order valence-electron chi connectivity index (χ0n) is 25.0. The average Bonchev–Trinajstić information content (AvgIpc) is 3.05. The number of nitrogens with two attached hydrogens (primary N) is 1. The highest BCUT2D eigenvalue weighted by atomic mass is 16.7. The van der Waals surface area contributed by atoms with Gasteiger partial charge in [0.1, 0.15) is 0 Å². The second-order valence-electron chi connectivity index (χ2n) is 11.3. The first-order valence-electron chi connectivity index (χ1n) is 15.3. The molecule has 10 nitrogen and oxygen atoms in total. The number of morpholine rings is 1. The number of nitrogens with one attached hydrogen (secondary N) is 2. The lowest BCUT2D eigenvalue weighted by molar-refractivity contribution is -0.253. The summed E-state index contributed by atoms with van der Waals surface area (Å²) in [6.45, 7) is 4.01. The predicted octanol–water partition coefficient (Wildman–Crippen LogP) is 4.78. The first-order chi connectivity index (χ1) is 21.5. The molecule has 2 aliphatic rings. The molecule has 44 heavy (non-hydrogen) atoms. The lowest BCUT2D eigenvalue weighted by atomic mass is 9.99. The number of unbranched alkanes of at least 4 members (excludes halogenated alkanes) is 1. The van der Waals surface area contributed by atoms with E-state index in [1.54, 1.807) is 12.1 Å². The van der Waals surface area contributed by atoms with Gasteiger partial charge in [-0.15, -0.1) is 0 Å². The molecule has 2 aliphatic heterocycles. The SMILES string of the molecule is Nc1ccccc1NC(=O)CCCCC(=O)Nc1ccc([C@H]2O[C@@H](CN3CCOCC3)C[C@@H](c3ccc(CO)cc3)O2)cc1. The van der Waals surface area contributed by atoms with Crippen molar-refractivity contribution in [1.29, 1.82) is 0 Å². The number of hydrogen-bond donors (Lipinski definition) is 4. The Morgan fingerprint density at radius 3 is 2.18 bits per heavy atom. The minimum atomic E-state index is -0.556. The Morgan fingerprint density at radius 1 is 0.841 bits per heavy atom. The van der Waals surface area contributed by atoms with Crippen LogP contribution in [0, 0.1) is 0 Å². The van der Waals surface area contributed by atoms with Crippen molar-refractivity contribution in [3.63, 3.8) is 0 Å². The van der Waals surface area contributed by atoms with Crippen LogP contribution in [0.4, 0.5) is 17.1 Å². The fraction of sp³-hybridized carbons (Fsp3) is 0.412. The molecule has 3 aromatic rings. The van der Waals surface area contributed by atoms with E-state index in [1.165, 1.54) is 0 Å². The summed E-state index contributed by atoms with van der Waals surface area (Å²) in [6.07, 6.45) is 1.81. The van der Waals surface area contributed by atoms with E-state index < -0.39 is 6.29 Å². The summed E-state index contributed by atoms with van der Waals surface area (Å²) in [4.78, 5) is 27.1. The van der Waals surface area contributed by atoms with Crippen molar-refractivity contribution in [2.24, 2.45) is 0 Å². The Hall–Kier alpha value is -3.80. The zero-order valence-corrected chi connectivity index (χ0v) is 25.0. The Kier molecular flexibility index (Phi) is 11.3. The van der Waals surface area contributed by atoms with Crippen LogP contribution in [0.3, 0.4) is 0 Å². The van der Waals surface area contributed by atoms with E-state index >= 15 is 0 Å². The third-order valence-corrected chi connectivity index (χ3v) is 7.94.